The van der Waals surface area contributed by atoms with E-state index in [0.717, 1.165) is 12.0 Å². The standard InChI is InChI=1S/C15H19ClN4O/c1-9(2)13-18-14(20-19-13)15(21)17-10(3)8-11-4-6-12(16)7-5-11/h4-7,9-10H,8H2,1-3H3,(H,17,21)(H,18,19,20). The highest BCUT2D eigenvalue weighted by molar-refractivity contribution is 6.30. The Balaban J connectivity index is 1.93. The molecule has 1 heterocycles. The molecule has 1 aromatic heterocycles. The molecule has 0 aliphatic heterocycles. The van der Waals surface area contributed by atoms with Gasteiger partial charge in [0.1, 0.15) is 5.82 Å². The van der Waals surface area contributed by atoms with Gasteiger partial charge in [0.25, 0.3) is 5.91 Å². The van der Waals surface area contributed by atoms with Crippen LogP contribution in [0, 0.1) is 0 Å². The maximum Gasteiger partial charge on any atom is 0.291 e. The van der Waals surface area contributed by atoms with Crippen LogP contribution in [0.15, 0.2) is 24.3 Å². The van der Waals surface area contributed by atoms with Crippen molar-refractivity contribution in [2.45, 2.75) is 39.2 Å². The zero-order valence-electron chi connectivity index (χ0n) is 12.4. The lowest BCUT2D eigenvalue weighted by atomic mass is 10.1. The first-order valence-corrected chi connectivity index (χ1v) is 7.31. The molecule has 1 aromatic carbocycles. The molecule has 1 unspecified atom stereocenters. The van der Waals surface area contributed by atoms with Gasteiger partial charge < -0.3 is 5.32 Å². The van der Waals surface area contributed by atoms with Crippen molar-refractivity contribution in [3.05, 3.63) is 46.5 Å². The minimum absolute atomic E-state index is 0.0142. The van der Waals surface area contributed by atoms with Gasteiger partial charge in [0, 0.05) is 17.0 Å². The molecule has 2 N–H and O–H groups in total. The molecule has 112 valence electrons. The molecule has 0 aliphatic rings. The van der Waals surface area contributed by atoms with Gasteiger partial charge in [-0.25, -0.2) is 4.98 Å². The number of halogens is 1. The van der Waals surface area contributed by atoms with E-state index >= 15 is 0 Å². The highest BCUT2D eigenvalue weighted by Gasteiger charge is 2.16. The van der Waals surface area contributed by atoms with E-state index in [-0.39, 0.29) is 23.7 Å². The molecule has 2 rings (SSSR count). The van der Waals surface area contributed by atoms with Crippen molar-refractivity contribution < 1.29 is 4.79 Å². The first kappa shape index (κ1) is 15.5. The number of nitrogens with one attached hydrogen (secondary N) is 2. The first-order valence-electron chi connectivity index (χ1n) is 6.93. The van der Waals surface area contributed by atoms with E-state index in [1.807, 2.05) is 45.0 Å². The molecule has 6 heteroatoms. The summed E-state index contributed by atoms with van der Waals surface area (Å²) >= 11 is 5.85. The topological polar surface area (TPSA) is 70.7 Å². The average Bonchev–Trinajstić information content (AvgIpc) is 2.91. The van der Waals surface area contributed by atoms with Gasteiger partial charge in [-0.2, -0.15) is 0 Å². The third-order valence-corrected chi connectivity index (χ3v) is 3.34. The highest BCUT2D eigenvalue weighted by atomic mass is 35.5. The van der Waals surface area contributed by atoms with Crippen LogP contribution in [-0.4, -0.2) is 27.1 Å². The summed E-state index contributed by atoms with van der Waals surface area (Å²) in [5, 5.41) is 10.3. The Morgan fingerprint density at radius 2 is 1.95 bits per heavy atom. The fourth-order valence-corrected chi connectivity index (χ4v) is 2.07. The number of rotatable bonds is 5. The van der Waals surface area contributed by atoms with E-state index in [0.29, 0.717) is 10.8 Å². The first-order chi connectivity index (χ1) is 9.95. The van der Waals surface area contributed by atoms with Gasteiger partial charge >= 0.3 is 0 Å². The smallest absolute Gasteiger partial charge is 0.291 e. The lowest BCUT2D eigenvalue weighted by Crippen LogP contribution is -2.34. The molecule has 2 aromatic rings. The monoisotopic (exact) mass is 306 g/mol. The van der Waals surface area contributed by atoms with Crippen LogP contribution in [-0.2, 0) is 6.42 Å². The van der Waals surface area contributed by atoms with Gasteiger partial charge in [0.15, 0.2) is 0 Å². The number of H-pyrrole nitrogens is 1. The van der Waals surface area contributed by atoms with Crippen molar-refractivity contribution >= 4 is 17.5 Å². The maximum atomic E-state index is 12.1. The number of hydrogen-bond donors (Lipinski definition) is 2. The van der Waals surface area contributed by atoms with E-state index in [1.54, 1.807) is 0 Å². The van der Waals surface area contributed by atoms with Crippen molar-refractivity contribution in [3.8, 4) is 0 Å². The van der Waals surface area contributed by atoms with Crippen molar-refractivity contribution in [2.75, 3.05) is 0 Å². The van der Waals surface area contributed by atoms with Crippen LogP contribution in [0.5, 0.6) is 0 Å². The second-order valence-corrected chi connectivity index (χ2v) is 5.84. The Morgan fingerprint density at radius 3 is 2.52 bits per heavy atom. The molecule has 0 saturated heterocycles. The third kappa shape index (κ3) is 4.29. The number of carbonyl (C=O) groups is 1. The number of carbonyl (C=O) groups excluding carboxylic acids is 1. The molecule has 0 saturated carbocycles. The van der Waals surface area contributed by atoms with E-state index in [9.17, 15) is 4.79 Å². The Labute approximate surface area is 129 Å². The van der Waals surface area contributed by atoms with Gasteiger partial charge in [-0.3, -0.25) is 9.89 Å². The van der Waals surface area contributed by atoms with E-state index in [2.05, 4.69) is 20.5 Å². The van der Waals surface area contributed by atoms with E-state index in [4.69, 9.17) is 11.6 Å². The van der Waals surface area contributed by atoms with Crippen LogP contribution in [0.25, 0.3) is 0 Å². The van der Waals surface area contributed by atoms with Crippen LogP contribution in [0.2, 0.25) is 5.02 Å². The Hall–Kier alpha value is -1.88. The van der Waals surface area contributed by atoms with Gasteiger partial charge in [0.2, 0.25) is 5.82 Å². The molecule has 5 nitrogen and oxygen atoms in total. The van der Waals surface area contributed by atoms with E-state index < -0.39 is 0 Å². The number of nitrogens with zero attached hydrogens (tertiary/aromatic N) is 2. The zero-order valence-corrected chi connectivity index (χ0v) is 13.1. The van der Waals surface area contributed by atoms with Crippen LogP contribution < -0.4 is 5.32 Å². The summed E-state index contributed by atoms with van der Waals surface area (Å²) in [6.07, 6.45) is 0.727. The van der Waals surface area contributed by atoms with Crippen molar-refractivity contribution in [1.82, 2.24) is 20.5 Å². The molecular weight excluding hydrogens is 288 g/mol. The van der Waals surface area contributed by atoms with Gasteiger partial charge in [0.05, 0.1) is 0 Å². The van der Waals surface area contributed by atoms with Gasteiger partial charge in [-0.15, -0.1) is 5.10 Å². The predicted molar refractivity (Wildman–Crippen MR) is 82.6 cm³/mol. The fraction of sp³-hybridized carbons (Fsp3) is 0.400. The number of hydrogen-bond acceptors (Lipinski definition) is 3. The van der Waals surface area contributed by atoms with Crippen LogP contribution in [0.1, 0.15) is 48.7 Å². The summed E-state index contributed by atoms with van der Waals surface area (Å²) in [6, 6.07) is 7.58. The molecular formula is C15H19ClN4O. The molecule has 0 aliphatic carbocycles. The Kier molecular flexibility index (Phi) is 4.96. The van der Waals surface area contributed by atoms with Crippen LogP contribution >= 0.6 is 11.6 Å². The summed E-state index contributed by atoms with van der Waals surface area (Å²) in [4.78, 5) is 16.2. The van der Waals surface area contributed by atoms with Crippen LogP contribution in [0.3, 0.4) is 0 Å². The minimum atomic E-state index is -0.264. The summed E-state index contributed by atoms with van der Waals surface area (Å²) < 4.78 is 0. The Morgan fingerprint density at radius 1 is 1.29 bits per heavy atom. The summed E-state index contributed by atoms with van der Waals surface area (Å²) in [7, 11) is 0. The normalized spacial score (nSPS) is 12.4. The minimum Gasteiger partial charge on any atom is -0.346 e. The number of aromatic amines is 1. The quantitative estimate of drug-likeness (QED) is 0.892. The second-order valence-electron chi connectivity index (χ2n) is 5.40. The third-order valence-electron chi connectivity index (χ3n) is 3.09. The van der Waals surface area contributed by atoms with Crippen molar-refractivity contribution in [1.29, 1.82) is 0 Å². The predicted octanol–water partition coefficient (Wildman–Crippen LogP) is 2.94. The Bertz CT molecular complexity index is 606. The van der Waals surface area contributed by atoms with Gasteiger partial charge in [-0.1, -0.05) is 37.6 Å². The number of amides is 1. The largest absolute Gasteiger partial charge is 0.346 e. The summed E-state index contributed by atoms with van der Waals surface area (Å²) in [5.41, 5.74) is 1.12. The molecule has 0 spiro atoms. The summed E-state index contributed by atoms with van der Waals surface area (Å²) in [5.74, 6) is 0.845. The molecule has 0 radical (unpaired) electrons. The van der Waals surface area contributed by atoms with E-state index in [1.165, 1.54) is 0 Å². The lowest BCUT2D eigenvalue weighted by molar-refractivity contribution is 0.0930. The lowest BCUT2D eigenvalue weighted by Gasteiger charge is -2.12. The SMILES string of the molecule is CC(Cc1ccc(Cl)cc1)NC(=O)c1n[nH]c(C(C)C)n1. The fourth-order valence-electron chi connectivity index (χ4n) is 1.95. The molecule has 21 heavy (non-hydrogen) atoms. The molecule has 1 atom stereocenters. The second kappa shape index (κ2) is 6.72. The highest BCUT2D eigenvalue weighted by Crippen LogP contribution is 2.11. The maximum absolute atomic E-state index is 12.1. The molecule has 0 fully saturated rings. The number of benzene rings is 1. The van der Waals surface area contributed by atoms with Crippen LogP contribution in [0.4, 0.5) is 0 Å². The summed E-state index contributed by atoms with van der Waals surface area (Å²) in [6.45, 7) is 5.93. The molecule has 0 bridgehead atoms. The number of aromatic nitrogens is 3. The average molecular weight is 307 g/mol. The zero-order chi connectivity index (χ0) is 15.4. The van der Waals surface area contributed by atoms with Crippen molar-refractivity contribution in [3.63, 3.8) is 0 Å². The van der Waals surface area contributed by atoms with Crippen molar-refractivity contribution in [2.24, 2.45) is 0 Å². The van der Waals surface area contributed by atoms with Gasteiger partial charge in [-0.05, 0) is 31.0 Å². The molecule has 1 amide bonds.